The lowest BCUT2D eigenvalue weighted by atomic mass is 10.1. The Labute approximate surface area is 111 Å². The molecule has 1 amide bonds. The fraction of sp³-hybridized carbons (Fsp3) is 0.300. The van der Waals surface area contributed by atoms with Crippen molar-refractivity contribution in [1.82, 2.24) is 5.32 Å². The molecule has 0 saturated heterocycles. The summed E-state index contributed by atoms with van der Waals surface area (Å²) in [7, 11) is 0. The van der Waals surface area contributed by atoms with Crippen LogP contribution in [0.4, 0.5) is 14.5 Å². The third kappa shape index (κ3) is 3.83. The SMILES string of the molecule is O=C(NCC(O)C(F)F)c1c(Cl)cccc1[N+](=O)[O-]. The van der Waals surface area contributed by atoms with Gasteiger partial charge >= 0.3 is 0 Å². The maximum atomic E-state index is 12.0. The predicted octanol–water partition coefficient (Wildman–Crippen LogP) is 1.60. The molecule has 0 saturated carbocycles. The number of halogens is 3. The zero-order chi connectivity index (χ0) is 14.6. The van der Waals surface area contributed by atoms with Crippen molar-refractivity contribution < 1.29 is 23.6 Å². The molecular weight excluding hydrogens is 286 g/mol. The van der Waals surface area contributed by atoms with Gasteiger partial charge in [-0.2, -0.15) is 0 Å². The number of carbonyl (C=O) groups is 1. The van der Waals surface area contributed by atoms with E-state index < -0.39 is 41.2 Å². The molecule has 0 bridgehead atoms. The summed E-state index contributed by atoms with van der Waals surface area (Å²) >= 11 is 5.67. The number of alkyl halides is 2. The Kier molecular flexibility index (Phi) is 5.13. The average Bonchev–Trinajstić information content (AvgIpc) is 2.34. The number of amides is 1. The number of benzene rings is 1. The topological polar surface area (TPSA) is 92.5 Å². The minimum Gasteiger partial charge on any atom is -0.385 e. The quantitative estimate of drug-likeness (QED) is 0.637. The first-order valence-electron chi connectivity index (χ1n) is 5.02. The standard InChI is InChI=1S/C10H9ClF2N2O4/c11-5-2-1-3-6(15(18)19)8(5)10(17)14-4-7(16)9(12)13/h1-3,7,9,16H,4H2,(H,14,17). The molecule has 0 heterocycles. The first-order valence-corrected chi connectivity index (χ1v) is 5.39. The van der Waals surface area contributed by atoms with E-state index in [2.05, 4.69) is 0 Å². The Bertz CT molecular complexity index is 498. The Morgan fingerprint density at radius 1 is 1.53 bits per heavy atom. The first kappa shape index (κ1) is 15.3. The van der Waals surface area contributed by atoms with Crippen molar-refractivity contribution in [2.45, 2.75) is 12.5 Å². The van der Waals surface area contributed by atoms with Crippen LogP contribution in [0.3, 0.4) is 0 Å². The number of rotatable bonds is 5. The van der Waals surface area contributed by atoms with Crippen molar-refractivity contribution in [1.29, 1.82) is 0 Å². The van der Waals surface area contributed by atoms with Gasteiger partial charge in [-0.15, -0.1) is 0 Å². The Morgan fingerprint density at radius 3 is 2.68 bits per heavy atom. The van der Waals surface area contributed by atoms with E-state index in [0.29, 0.717) is 0 Å². The highest BCUT2D eigenvalue weighted by atomic mass is 35.5. The second-order valence-corrected chi connectivity index (χ2v) is 3.91. The highest BCUT2D eigenvalue weighted by Crippen LogP contribution is 2.25. The van der Waals surface area contributed by atoms with Crippen molar-refractivity contribution >= 4 is 23.2 Å². The number of nitrogens with one attached hydrogen (secondary N) is 1. The summed E-state index contributed by atoms with van der Waals surface area (Å²) in [6, 6.07) is 3.60. The summed E-state index contributed by atoms with van der Waals surface area (Å²) < 4.78 is 24.1. The fourth-order valence-electron chi connectivity index (χ4n) is 1.26. The van der Waals surface area contributed by atoms with E-state index in [-0.39, 0.29) is 5.02 Å². The number of hydrogen-bond donors (Lipinski definition) is 2. The maximum absolute atomic E-state index is 12.0. The van der Waals surface area contributed by atoms with Crippen LogP contribution in [0.15, 0.2) is 18.2 Å². The van der Waals surface area contributed by atoms with E-state index in [1.165, 1.54) is 12.1 Å². The van der Waals surface area contributed by atoms with Gasteiger partial charge in [-0.25, -0.2) is 8.78 Å². The van der Waals surface area contributed by atoms with Gasteiger partial charge in [0.15, 0.2) is 0 Å². The molecule has 1 unspecified atom stereocenters. The van der Waals surface area contributed by atoms with Crippen LogP contribution >= 0.6 is 11.6 Å². The largest absolute Gasteiger partial charge is 0.385 e. The fourth-order valence-corrected chi connectivity index (χ4v) is 1.52. The maximum Gasteiger partial charge on any atom is 0.283 e. The molecule has 19 heavy (non-hydrogen) atoms. The van der Waals surface area contributed by atoms with Gasteiger partial charge in [-0.1, -0.05) is 17.7 Å². The van der Waals surface area contributed by atoms with Crippen LogP contribution in [-0.4, -0.2) is 35.0 Å². The summed E-state index contributed by atoms with van der Waals surface area (Å²) in [6.07, 6.45) is -5.08. The molecule has 9 heteroatoms. The molecule has 1 aromatic rings. The second-order valence-electron chi connectivity index (χ2n) is 3.50. The number of nitro groups is 1. The molecule has 0 aliphatic carbocycles. The molecule has 0 aliphatic heterocycles. The van der Waals surface area contributed by atoms with Crippen molar-refractivity contribution in [2.75, 3.05) is 6.54 Å². The molecule has 0 spiro atoms. The Hall–Kier alpha value is -1.80. The second kappa shape index (κ2) is 6.39. The van der Waals surface area contributed by atoms with Crippen LogP contribution in [0.1, 0.15) is 10.4 Å². The third-order valence-corrected chi connectivity index (χ3v) is 2.49. The van der Waals surface area contributed by atoms with Crippen LogP contribution < -0.4 is 5.32 Å². The van der Waals surface area contributed by atoms with Gasteiger partial charge < -0.3 is 10.4 Å². The smallest absolute Gasteiger partial charge is 0.283 e. The predicted molar refractivity (Wildman–Crippen MR) is 62.5 cm³/mol. The molecule has 1 atom stereocenters. The Balaban J connectivity index is 2.91. The molecule has 0 aliphatic rings. The van der Waals surface area contributed by atoms with Gasteiger partial charge in [0.2, 0.25) is 0 Å². The zero-order valence-corrected chi connectivity index (χ0v) is 10.1. The van der Waals surface area contributed by atoms with E-state index in [1.807, 2.05) is 5.32 Å². The third-order valence-electron chi connectivity index (χ3n) is 2.18. The van der Waals surface area contributed by atoms with Crippen molar-refractivity contribution in [3.8, 4) is 0 Å². The highest BCUT2D eigenvalue weighted by molar-refractivity contribution is 6.34. The molecule has 2 N–H and O–H groups in total. The molecule has 1 aromatic carbocycles. The lowest BCUT2D eigenvalue weighted by molar-refractivity contribution is -0.385. The monoisotopic (exact) mass is 294 g/mol. The number of carbonyl (C=O) groups excluding carboxylic acids is 1. The number of hydrogen-bond acceptors (Lipinski definition) is 4. The summed E-state index contributed by atoms with van der Waals surface area (Å²) in [4.78, 5) is 21.6. The van der Waals surface area contributed by atoms with Crippen LogP contribution in [0.25, 0.3) is 0 Å². The molecule has 6 nitrogen and oxygen atoms in total. The molecule has 1 rings (SSSR count). The van der Waals surface area contributed by atoms with Crippen LogP contribution in [-0.2, 0) is 0 Å². The van der Waals surface area contributed by atoms with Crippen LogP contribution in [0.5, 0.6) is 0 Å². The van der Waals surface area contributed by atoms with Gasteiger partial charge in [0.1, 0.15) is 11.7 Å². The van der Waals surface area contributed by atoms with Crippen molar-refractivity contribution in [3.63, 3.8) is 0 Å². The van der Waals surface area contributed by atoms with Gasteiger partial charge in [0, 0.05) is 12.6 Å². The number of nitro benzene ring substituents is 1. The number of aliphatic hydroxyl groups excluding tert-OH is 1. The molecule has 0 aromatic heterocycles. The van der Waals surface area contributed by atoms with E-state index in [9.17, 15) is 23.7 Å². The summed E-state index contributed by atoms with van der Waals surface area (Å²) in [5.74, 6) is -1.00. The molecular formula is C10H9ClF2N2O4. The van der Waals surface area contributed by atoms with Gasteiger partial charge in [-0.3, -0.25) is 14.9 Å². The normalized spacial score (nSPS) is 12.3. The average molecular weight is 295 g/mol. The zero-order valence-electron chi connectivity index (χ0n) is 9.35. The summed E-state index contributed by atoms with van der Waals surface area (Å²) in [5.41, 5.74) is -0.979. The van der Waals surface area contributed by atoms with Gasteiger partial charge in [0.05, 0.1) is 9.95 Å². The Morgan fingerprint density at radius 2 is 2.16 bits per heavy atom. The minimum atomic E-state index is -3.03. The van der Waals surface area contributed by atoms with Gasteiger partial charge in [0.25, 0.3) is 18.0 Å². The summed E-state index contributed by atoms with van der Waals surface area (Å²) in [5, 5.41) is 21.3. The molecule has 0 fully saturated rings. The van der Waals surface area contributed by atoms with E-state index in [0.717, 1.165) is 6.07 Å². The number of aliphatic hydroxyl groups is 1. The van der Waals surface area contributed by atoms with E-state index in [4.69, 9.17) is 16.7 Å². The van der Waals surface area contributed by atoms with Crippen LogP contribution in [0, 0.1) is 10.1 Å². The number of nitrogens with zero attached hydrogens (tertiary/aromatic N) is 1. The minimum absolute atomic E-state index is 0.182. The molecule has 104 valence electrons. The van der Waals surface area contributed by atoms with E-state index >= 15 is 0 Å². The molecule has 0 radical (unpaired) electrons. The van der Waals surface area contributed by atoms with Crippen molar-refractivity contribution in [2.24, 2.45) is 0 Å². The first-order chi connectivity index (χ1) is 8.84. The lowest BCUT2D eigenvalue weighted by Crippen LogP contribution is -2.36. The van der Waals surface area contributed by atoms with Crippen LogP contribution in [0.2, 0.25) is 5.02 Å². The summed E-state index contributed by atoms with van der Waals surface area (Å²) in [6.45, 7) is -0.737. The van der Waals surface area contributed by atoms with Crippen molar-refractivity contribution in [3.05, 3.63) is 38.9 Å². The highest BCUT2D eigenvalue weighted by Gasteiger charge is 2.25. The van der Waals surface area contributed by atoms with Gasteiger partial charge in [-0.05, 0) is 6.07 Å². The van der Waals surface area contributed by atoms with E-state index in [1.54, 1.807) is 0 Å². The lowest BCUT2D eigenvalue weighted by Gasteiger charge is -2.11.